The highest BCUT2D eigenvalue weighted by atomic mass is 19.3. The monoisotopic (exact) mass is 219 g/mol. The van der Waals surface area contributed by atoms with E-state index in [9.17, 15) is 18.0 Å². The van der Waals surface area contributed by atoms with E-state index in [0.29, 0.717) is 0 Å². The molecule has 3 nitrogen and oxygen atoms in total. The van der Waals surface area contributed by atoms with E-state index in [1.165, 1.54) is 6.92 Å². The van der Waals surface area contributed by atoms with Crippen LogP contribution in [0.4, 0.5) is 18.9 Å². The first-order chi connectivity index (χ1) is 6.91. The number of ether oxygens (including phenoxy) is 1. The van der Waals surface area contributed by atoms with Crippen LogP contribution in [0.2, 0.25) is 0 Å². The molecule has 6 heteroatoms. The number of hydrogen-bond acceptors (Lipinski definition) is 3. The van der Waals surface area contributed by atoms with Gasteiger partial charge in [-0.2, -0.15) is 8.78 Å². The van der Waals surface area contributed by atoms with Gasteiger partial charge in [-0.3, -0.25) is 4.79 Å². The maximum absolute atomic E-state index is 13.1. The van der Waals surface area contributed by atoms with Gasteiger partial charge in [0, 0.05) is 5.56 Å². The Labute approximate surface area is 83.6 Å². The predicted molar refractivity (Wildman–Crippen MR) is 47.4 cm³/mol. The zero-order valence-corrected chi connectivity index (χ0v) is 7.76. The van der Waals surface area contributed by atoms with Gasteiger partial charge in [0.15, 0.2) is 17.3 Å². The average Bonchev–Trinajstić information content (AvgIpc) is 2.10. The fraction of sp³-hybridized carbons (Fsp3) is 0.222. The number of nitrogen functional groups attached to an aromatic ring is 1. The first kappa shape index (κ1) is 11.4. The van der Waals surface area contributed by atoms with Crippen LogP contribution in [0.15, 0.2) is 12.1 Å². The molecule has 0 aliphatic heterocycles. The summed E-state index contributed by atoms with van der Waals surface area (Å²) in [6, 6.07) is 1.89. The second-order valence-corrected chi connectivity index (χ2v) is 2.81. The van der Waals surface area contributed by atoms with Gasteiger partial charge in [-0.05, 0) is 19.1 Å². The highest BCUT2D eigenvalue weighted by Gasteiger charge is 2.15. The molecule has 2 N–H and O–H groups in total. The zero-order chi connectivity index (χ0) is 11.6. The first-order valence-corrected chi connectivity index (χ1v) is 3.96. The van der Waals surface area contributed by atoms with Gasteiger partial charge in [0.25, 0.3) is 0 Å². The van der Waals surface area contributed by atoms with Gasteiger partial charge in [-0.1, -0.05) is 0 Å². The number of carbonyl (C=O) groups is 1. The fourth-order valence-corrected chi connectivity index (χ4v) is 1.03. The summed E-state index contributed by atoms with van der Waals surface area (Å²) in [6.45, 7) is -1.95. The lowest BCUT2D eigenvalue weighted by molar-refractivity contribution is -0.0516. The third kappa shape index (κ3) is 2.61. The molecule has 0 unspecified atom stereocenters. The van der Waals surface area contributed by atoms with Crippen molar-refractivity contribution in [3.8, 4) is 5.75 Å². The van der Waals surface area contributed by atoms with Crippen LogP contribution in [-0.2, 0) is 0 Å². The zero-order valence-electron chi connectivity index (χ0n) is 7.76. The van der Waals surface area contributed by atoms with E-state index in [4.69, 9.17) is 5.73 Å². The van der Waals surface area contributed by atoms with Crippen molar-refractivity contribution in [2.75, 3.05) is 5.73 Å². The quantitative estimate of drug-likeness (QED) is 0.626. The molecule has 0 spiro atoms. The molecule has 0 radical (unpaired) electrons. The number of carbonyl (C=O) groups excluding carboxylic acids is 1. The van der Waals surface area contributed by atoms with Crippen LogP contribution in [0.1, 0.15) is 17.3 Å². The van der Waals surface area contributed by atoms with Gasteiger partial charge in [-0.25, -0.2) is 4.39 Å². The molecule has 1 aromatic rings. The molecule has 0 aliphatic carbocycles. The van der Waals surface area contributed by atoms with Gasteiger partial charge >= 0.3 is 6.61 Å². The maximum atomic E-state index is 13.1. The second-order valence-electron chi connectivity index (χ2n) is 2.81. The summed E-state index contributed by atoms with van der Waals surface area (Å²) < 4.78 is 40.7. The average molecular weight is 219 g/mol. The molecule has 0 bridgehead atoms. The minimum atomic E-state index is -3.16. The molecule has 0 aliphatic rings. The first-order valence-electron chi connectivity index (χ1n) is 3.96. The van der Waals surface area contributed by atoms with Gasteiger partial charge in [0.2, 0.25) is 0 Å². The van der Waals surface area contributed by atoms with Crippen molar-refractivity contribution in [3.05, 3.63) is 23.5 Å². The Bertz CT molecular complexity index is 370. The maximum Gasteiger partial charge on any atom is 0.387 e. The lowest BCUT2D eigenvalue weighted by atomic mass is 10.1. The molecular formula is C9H8F3NO2. The van der Waals surface area contributed by atoms with Gasteiger partial charge in [0.05, 0.1) is 5.69 Å². The molecule has 1 rings (SSSR count). The van der Waals surface area contributed by atoms with Crippen molar-refractivity contribution >= 4 is 11.5 Å². The number of nitrogens with two attached hydrogens (primary N) is 1. The number of benzene rings is 1. The molecule has 0 atom stereocenters. The Morgan fingerprint density at radius 3 is 2.47 bits per heavy atom. The molecule has 0 saturated carbocycles. The molecule has 82 valence electrons. The van der Waals surface area contributed by atoms with Crippen molar-refractivity contribution < 1.29 is 22.7 Å². The number of rotatable bonds is 3. The van der Waals surface area contributed by atoms with Crippen LogP contribution >= 0.6 is 0 Å². The smallest absolute Gasteiger partial charge is 0.387 e. The van der Waals surface area contributed by atoms with E-state index in [-0.39, 0.29) is 11.3 Å². The number of alkyl halides is 2. The summed E-state index contributed by atoms with van der Waals surface area (Å²) in [4.78, 5) is 10.9. The van der Waals surface area contributed by atoms with Gasteiger partial charge in [0.1, 0.15) is 0 Å². The summed E-state index contributed by atoms with van der Waals surface area (Å²) in [5.41, 5.74) is 4.93. The summed E-state index contributed by atoms with van der Waals surface area (Å²) in [5.74, 6) is -2.24. The van der Waals surface area contributed by atoms with E-state index in [2.05, 4.69) is 4.74 Å². The van der Waals surface area contributed by atoms with Gasteiger partial charge in [-0.15, -0.1) is 0 Å². The van der Waals surface area contributed by atoms with Crippen LogP contribution in [0.25, 0.3) is 0 Å². The summed E-state index contributed by atoms with van der Waals surface area (Å²) in [6.07, 6.45) is 0. The molecule has 0 amide bonds. The van der Waals surface area contributed by atoms with Crippen molar-refractivity contribution in [2.45, 2.75) is 13.5 Å². The molecular weight excluding hydrogens is 211 g/mol. The number of ketones is 1. The van der Waals surface area contributed by atoms with Crippen LogP contribution < -0.4 is 10.5 Å². The Kier molecular flexibility index (Phi) is 3.18. The molecule has 0 fully saturated rings. The van der Waals surface area contributed by atoms with Crippen LogP contribution in [0, 0.1) is 5.82 Å². The fourth-order valence-electron chi connectivity index (χ4n) is 1.03. The van der Waals surface area contributed by atoms with E-state index in [1.54, 1.807) is 0 Å². The van der Waals surface area contributed by atoms with Crippen molar-refractivity contribution in [2.24, 2.45) is 0 Å². The standard InChI is InChI=1S/C9H8F3NO2/c1-4(14)5-2-6(10)8(7(13)3-5)15-9(11)12/h2-3,9H,13H2,1H3. The third-order valence-electron chi connectivity index (χ3n) is 1.69. The Morgan fingerprint density at radius 1 is 1.47 bits per heavy atom. The molecule has 0 heterocycles. The van der Waals surface area contributed by atoms with Gasteiger partial charge < -0.3 is 10.5 Å². The Hall–Kier alpha value is -1.72. The van der Waals surface area contributed by atoms with E-state index < -0.39 is 24.0 Å². The van der Waals surface area contributed by atoms with Crippen LogP contribution in [-0.4, -0.2) is 12.4 Å². The van der Waals surface area contributed by atoms with Crippen molar-refractivity contribution in [3.63, 3.8) is 0 Å². The number of halogens is 3. The predicted octanol–water partition coefficient (Wildman–Crippen LogP) is 2.21. The third-order valence-corrected chi connectivity index (χ3v) is 1.69. The summed E-state index contributed by atoms with van der Waals surface area (Å²) >= 11 is 0. The van der Waals surface area contributed by atoms with E-state index in [1.807, 2.05) is 0 Å². The van der Waals surface area contributed by atoms with Crippen LogP contribution in [0.5, 0.6) is 5.75 Å². The summed E-state index contributed by atoms with van der Waals surface area (Å²) in [5, 5.41) is 0. The topological polar surface area (TPSA) is 52.3 Å². The molecule has 15 heavy (non-hydrogen) atoms. The lowest BCUT2D eigenvalue weighted by Crippen LogP contribution is -2.07. The number of hydrogen-bond donors (Lipinski definition) is 1. The number of anilines is 1. The van der Waals surface area contributed by atoms with E-state index in [0.717, 1.165) is 12.1 Å². The van der Waals surface area contributed by atoms with Crippen LogP contribution in [0.3, 0.4) is 0 Å². The summed E-state index contributed by atoms with van der Waals surface area (Å²) in [7, 11) is 0. The Balaban J connectivity index is 3.15. The van der Waals surface area contributed by atoms with E-state index >= 15 is 0 Å². The van der Waals surface area contributed by atoms with Crippen molar-refractivity contribution in [1.82, 2.24) is 0 Å². The SMILES string of the molecule is CC(=O)c1cc(N)c(OC(F)F)c(F)c1. The number of Topliss-reactive ketones (excluding diaryl/α,β-unsaturated/α-hetero) is 1. The highest BCUT2D eigenvalue weighted by molar-refractivity contribution is 5.95. The Morgan fingerprint density at radius 2 is 2.07 bits per heavy atom. The minimum Gasteiger partial charge on any atom is -0.429 e. The largest absolute Gasteiger partial charge is 0.429 e. The molecule has 0 saturated heterocycles. The lowest BCUT2D eigenvalue weighted by Gasteiger charge is -2.09. The normalized spacial score (nSPS) is 10.5. The molecule has 1 aromatic carbocycles. The minimum absolute atomic E-state index is 0.00613. The highest BCUT2D eigenvalue weighted by Crippen LogP contribution is 2.28. The second kappa shape index (κ2) is 4.20. The molecule has 0 aromatic heterocycles. The van der Waals surface area contributed by atoms with Crippen molar-refractivity contribution in [1.29, 1.82) is 0 Å².